The molecule has 0 aliphatic carbocycles. The van der Waals surface area contributed by atoms with Crippen molar-refractivity contribution < 1.29 is 49.5 Å². The molecule has 3 amide bonds. The number of fused-ring (bicyclic) bond motifs is 1. The number of halogens is 6. The summed E-state index contributed by atoms with van der Waals surface area (Å²) in [6, 6.07) is 0.257. The molecule has 0 radical (unpaired) electrons. The molecule has 0 bridgehead atoms. The predicted molar refractivity (Wildman–Crippen MR) is 128 cm³/mol. The third-order valence-electron chi connectivity index (χ3n) is 6.42. The van der Waals surface area contributed by atoms with E-state index in [2.05, 4.69) is 10.0 Å². The molecule has 2 atom stereocenters. The van der Waals surface area contributed by atoms with Gasteiger partial charge in [-0.1, -0.05) is 11.6 Å². The number of hydrogen-bond acceptors (Lipinski definition) is 6. The van der Waals surface area contributed by atoms with E-state index in [1.807, 2.05) is 0 Å². The lowest BCUT2D eigenvalue weighted by Gasteiger charge is -2.27. The normalized spacial score (nSPS) is 20.9. The van der Waals surface area contributed by atoms with Gasteiger partial charge in [-0.2, -0.15) is 17.9 Å². The molecular weight excluding hydrogens is 593 g/mol. The molecule has 2 aliphatic heterocycles. The zero-order valence-corrected chi connectivity index (χ0v) is 22.2. The fraction of sp³-hybridized carbons (Fsp3) is 0.409. The van der Waals surface area contributed by atoms with E-state index < -0.39 is 86.1 Å². The Morgan fingerprint density at radius 1 is 1.20 bits per heavy atom. The van der Waals surface area contributed by atoms with Crippen molar-refractivity contribution in [2.24, 2.45) is 7.05 Å². The highest BCUT2D eigenvalue weighted by molar-refractivity contribution is 7.89. The van der Waals surface area contributed by atoms with Gasteiger partial charge >= 0.3 is 18.0 Å². The molecule has 0 saturated carbocycles. The third kappa shape index (κ3) is 5.44. The number of benzene rings is 1. The monoisotopic (exact) mass is 613 g/mol. The van der Waals surface area contributed by atoms with Crippen molar-refractivity contribution in [1.82, 2.24) is 19.5 Å². The SMILES string of the molecule is C[C@@H](NC(=O)C(=O)N1CCC2(COc3c(c(Cl)n(C)c3C(=O)Nc3ccc(F)c(F)c3)S(=O)(=O)N2)C1)C(F)(F)F. The van der Waals surface area contributed by atoms with E-state index >= 15 is 0 Å². The van der Waals surface area contributed by atoms with E-state index in [-0.39, 0.29) is 24.3 Å². The molecule has 1 spiro atoms. The summed E-state index contributed by atoms with van der Waals surface area (Å²) in [6.07, 6.45) is -4.88. The second kappa shape index (κ2) is 10.2. The number of nitrogens with one attached hydrogen (secondary N) is 3. The van der Waals surface area contributed by atoms with Crippen molar-refractivity contribution in [2.45, 2.75) is 36.0 Å². The van der Waals surface area contributed by atoms with E-state index in [1.165, 1.54) is 7.05 Å². The van der Waals surface area contributed by atoms with Crippen molar-refractivity contribution in [3.8, 4) is 5.75 Å². The molecular formula is C22H21ClF5N5O6S. The molecule has 1 aromatic heterocycles. The molecule has 1 fully saturated rings. The summed E-state index contributed by atoms with van der Waals surface area (Å²) in [6.45, 7) is -0.447. The minimum Gasteiger partial charge on any atom is -0.488 e. The van der Waals surface area contributed by atoms with Gasteiger partial charge in [-0.15, -0.1) is 0 Å². The summed E-state index contributed by atoms with van der Waals surface area (Å²) in [4.78, 5) is 37.9. The van der Waals surface area contributed by atoms with Crippen molar-refractivity contribution in [1.29, 1.82) is 0 Å². The maximum absolute atomic E-state index is 13.6. The Bertz CT molecular complexity index is 1510. The van der Waals surface area contributed by atoms with E-state index in [0.717, 1.165) is 21.6 Å². The summed E-state index contributed by atoms with van der Waals surface area (Å²) in [5.74, 6) is -6.66. The van der Waals surface area contributed by atoms with Crippen LogP contribution in [0.15, 0.2) is 23.1 Å². The Morgan fingerprint density at radius 3 is 2.50 bits per heavy atom. The highest BCUT2D eigenvalue weighted by Crippen LogP contribution is 2.41. The predicted octanol–water partition coefficient (Wildman–Crippen LogP) is 1.92. The number of rotatable bonds is 3. The summed E-state index contributed by atoms with van der Waals surface area (Å²) < 4.78 is 101. The largest absolute Gasteiger partial charge is 0.488 e. The molecule has 1 aromatic carbocycles. The number of carbonyl (C=O) groups excluding carboxylic acids is 3. The van der Waals surface area contributed by atoms with Gasteiger partial charge in [0.15, 0.2) is 28.0 Å². The fourth-order valence-electron chi connectivity index (χ4n) is 4.30. The number of likely N-dealkylation sites (tertiary alicyclic amines) is 1. The van der Waals surface area contributed by atoms with E-state index in [9.17, 15) is 44.8 Å². The number of sulfonamides is 1. The van der Waals surface area contributed by atoms with Crippen molar-refractivity contribution in [2.75, 3.05) is 25.0 Å². The number of alkyl halides is 3. The summed E-state index contributed by atoms with van der Waals surface area (Å²) in [5.41, 5.74) is -2.05. The van der Waals surface area contributed by atoms with Gasteiger partial charge in [0.1, 0.15) is 17.8 Å². The van der Waals surface area contributed by atoms with Gasteiger partial charge in [-0.05, 0) is 25.5 Å². The van der Waals surface area contributed by atoms with Gasteiger partial charge in [-0.3, -0.25) is 14.4 Å². The number of hydrogen-bond donors (Lipinski definition) is 3. The van der Waals surface area contributed by atoms with Crippen LogP contribution in [-0.4, -0.2) is 73.1 Å². The lowest BCUT2D eigenvalue weighted by molar-refractivity contribution is -0.162. The standard InChI is InChI=1S/C22H21ClF5N5O6S/c1-10(22(26,27)28)29-19(35)20(36)33-6-5-21(8-33)9-39-15-14(32(2)17(23)16(15)40(37,38)31-21)18(34)30-11-3-4-12(24)13(25)7-11/h3-4,7,10,31H,5-6,8-9H2,1-2H3,(H,29,35)(H,30,34)/t10-,21?/m1/s1. The number of aromatic nitrogens is 1. The molecule has 218 valence electrons. The van der Waals surface area contributed by atoms with Crippen molar-refractivity contribution in [3.05, 3.63) is 40.7 Å². The Labute approximate surface area is 228 Å². The quantitative estimate of drug-likeness (QED) is 0.357. The Morgan fingerprint density at radius 2 is 1.88 bits per heavy atom. The van der Waals surface area contributed by atoms with Gasteiger partial charge in [0, 0.05) is 31.9 Å². The number of amides is 3. The molecule has 40 heavy (non-hydrogen) atoms. The van der Waals surface area contributed by atoms with E-state index in [0.29, 0.717) is 13.0 Å². The average Bonchev–Trinajstić information content (AvgIpc) is 3.33. The van der Waals surface area contributed by atoms with Crippen LogP contribution in [0.3, 0.4) is 0 Å². The van der Waals surface area contributed by atoms with Crippen LogP contribution in [-0.2, 0) is 26.7 Å². The first kappa shape index (κ1) is 29.5. The Hall–Kier alpha value is -3.44. The first-order valence-electron chi connectivity index (χ1n) is 11.4. The van der Waals surface area contributed by atoms with Crippen LogP contribution >= 0.6 is 11.6 Å². The first-order chi connectivity index (χ1) is 18.5. The topological polar surface area (TPSA) is 139 Å². The van der Waals surface area contributed by atoms with E-state index in [4.69, 9.17) is 16.3 Å². The fourth-order valence-corrected chi connectivity index (χ4v) is 6.43. The number of carbonyl (C=O) groups is 3. The molecule has 3 heterocycles. The lowest BCUT2D eigenvalue weighted by Crippen LogP contribution is -2.55. The maximum atomic E-state index is 13.6. The van der Waals surface area contributed by atoms with Crippen LogP contribution in [0.1, 0.15) is 23.8 Å². The average molecular weight is 614 g/mol. The highest BCUT2D eigenvalue weighted by Gasteiger charge is 2.50. The van der Waals surface area contributed by atoms with Gasteiger partial charge in [0.05, 0.1) is 5.54 Å². The minimum absolute atomic E-state index is 0.0928. The summed E-state index contributed by atoms with van der Waals surface area (Å²) in [7, 11) is -3.27. The lowest BCUT2D eigenvalue weighted by atomic mass is 10.0. The first-order valence-corrected chi connectivity index (χ1v) is 13.3. The second-order valence-corrected chi connectivity index (χ2v) is 11.3. The van der Waals surface area contributed by atoms with Crippen molar-refractivity contribution in [3.63, 3.8) is 0 Å². The molecule has 11 nitrogen and oxygen atoms in total. The number of anilines is 1. The maximum Gasteiger partial charge on any atom is 0.408 e. The van der Waals surface area contributed by atoms with Gasteiger partial charge in [0.2, 0.25) is 10.0 Å². The summed E-state index contributed by atoms with van der Waals surface area (Å²) >= 11 is 6.25. The Balaban J connectivity index is 1.58. The van der Waals surface area contributed by atoms with Crippen LogP contribution < -0.4 is 20.1 Å². The van der Waals surface area contributed by atoms with Gasteiger partial charge in [0.25, 0.3) is 5.91 Å². The molecule has 2 aromatic rings. The van der Waals surface area contributed by atoms with Crippen LogP contribution in [0.25, 0.3) is 0 Å². The van der Waals surface area contributed by atoms with Crippen molar-refractivity contribution >= 4 is 45.0 Å². The number of ether oxygens (including phenoxy) is 1. The Kier molecular flexibility index (Phi) is 7.53. The zero-order chi connectivity index (χ0) is 29.8. The highest BCUT2D eigenvalue weighted by atomic mass is 35.5. The van der Waals surface area contributed by atoms with Crippen LogP contribution in [0.5, 0.6) is 5.75 Å². The molecule has 1 saturated heterocycles. The van der Waals surface area contributed by atoms with Gasteiger partial charge < -0.3 is 24.8 Å². The smallest absolute Gasteiger partial charge is 0.408 e. The van der Waals surface area contributed by atoms with Crippen LogP contribution in [0, 0.1) is 11.6 Å². The molecule has 1 unspecified atom stereocenters. The molecule has 2 aliphatic rings. The third-order valence-corrected chi connectivity index (χ3v) is 8.59. The number of nitrogens with zero attached hydrogens (tertiary/aromatic N) is 2. The minimum atomic E-state index is -4.78. The van der Waals surface area contributed by atoms with Crippen LogP contribution in [0.2, 0.25) is 5.15 Å². The molecule has 3 N–H and O–H groups in total. The zero-order valence-electron chi connectivity index (χ0n) is 20.7. The van der Waals surface area contributed by atoms with Crippen LogP contribution in [0.4, 0.5) is 27.6 Å². The molecule has 18 heteroatoms. The van der Waals surface area contributed by atoms with Gasteiger partial charge in [-0.25, -0.2) is 17.2 Å². The summed E-state index contributed by atoms with van der Waals surface area (Å²) in [5, 5.41) is 3.43. The van der Waals surface area contributed by atoms with E-state index in [1.54, 1.807) is 5.32 Å². The second-order valence-electron chi connectivity index (χ2n) is 9.33. The molecule has 4 rings (SSSR count).